The average molecular weight is 540 g/mol. The Morgan fingerprint density at radius 1 is 1.05 bits per heavy atom. The molecule has 4 aromatic rings. The largest absolute Gasteiger partial charge is 0.333 e. The zero-order valence-electron chi connectivity index (χ0n) is 22.0. The fraction of sp³-hybridized carbons (Fsp3) is 0.385. The van der Waals surface area contributed by atoms with Crippen LogP contribution in [0.3, 0.4) is 0 Å². The summed E-state index contributed by atoms with van der Waals surface area (Å²) < 4.78 is 43.4. The number of fused-ring (bicyclic) bond motifs is 1. The van der Waals surface area contributed by atoms with Crippen molar-refractivity contribution in [3.63, 3.8) is 0 Å². The van der Waals surface area contributed by atoms with Crippen molar-refractivity contribution in [3.8, 4) is 5.69 Å². The molecule has 1 atom stereocenters. The summed E-state index contributed by atoms with van der Waals surface area (Å²) in [7, 11) is -2.34. The van der Waals surface area contributed by atoms with Gasteiger partial charge in [0.25, 0.3) is 10.0 Å². The van der Waals surface area contributed by atoms with Crippen LogP contribution in [0.5, 0.6) is 0 Å². The molecule has 0 radical (unpaired) electrons. The minimum atomic E-state index is -3.90. The predicted molar refractivity (Wildman–Crippen MR) is 139 cm³/mol. The third-order valence-corrected chi connectivity index (χ3v) is 8.54. The van der Waals surface area contributed by atoms with E-state index in [1.807, 2.05) is 39.8 Å². The third-order valence-electron chi connectivity index (χ3n) is 6.81. The monoisotopic (exact) mass is 539 g/mol. The van der Waals surface area contributed by atoms with Crippen LogP contribution in [0.2, 0.25) is 0 Å². The molecule has 1 fully saturated rings. The Labute approximate surface area is 220 Å². The van der Waals surface area contributed by atoms with Crippen LogP contribution in [0.15, 0.2) is 53.8 Å². The van der Waals surface area contributed by atoms with Crippen LogP contribution in [0.1, 0.15) is 37.9 Å². The first-order valence-corrected chi connectivity index (χ1v) is 13.7. The van der Waals surface area contributed by atoms with E-state index in [9.17, 15) is 17.6 Å². The van der Waals surface area contributed by atoms with Crippen molar-refractivity contribution in [2.75, 3.05) is 19.6 Å². The molecule has 1 aliphatic heterocycles. The summed E-state index contributed by atoms with van der Waals surface area (Å²) in [6.45, 7) is 7.99. The number of sulfonamides is 1. The number of benzene rings is 2. The first-order valence-electron chi connectivity index (χ1n) is 12.3. The summed E-state index contributed by atoms with van der Waals surface area (Å²) in [4.78, 5) is 16.5. The summed E-state index contributed by atoms with van der Waals surface area (Å²) in [6.07, 6.45) is 2.95. The van der Waals surface area contributed by atoms with Crippen molar-refractivity contribution in [3.05, 3.63) is 65.7 Å². The molecule has 5 rings (SSSR count). The van der Waals surface area contributed by atoms with Crippen LogP contribution in [-0.4, -0.2) is 67.9 Å². The highest BCUT2D eigenvalue weighted by atomic mass is 32.2. The molecule has 10 nitrogen and oxygen atoms in total. The zero-order chi connectivity index (χ0) is 27.4. The van der Waals surface area contributed by atoms with E-state index >= 15 is 0 Å². The van der Waals surface area contributed by atoms with Gasteiger partial charge < -0.3 is 4.90 Å². The number of halogens is 1. The molecule has 200 valence electrons. The van der Waals surface area contributed by atoms with Crippen molar-refractivity contribution >= 4 is 26.8 Å². The van der Waals surface area contributed by atoms with Gasteiger partial charge in [-0.05, 0) is 54.4 Å². The average Bonchev–Trinajstić information content (AvgIpc) is 3.49. The number of piperazine rings is 1. The summed E-state index contributed by atoms with van der Waals surface area (Å²) in [5.74, 6) is -0.383. The Morgan fingerprint density at radius 3 is 2.39 bits per heavy atom. The highest BCUT2D eigenvalue weighted by molar-refractivity contribution is 7.89. The number of aryl methyl sites for hydroxylation is 2. The van der Waals surface area contributed by atoms with Gasteiger partial charge in [0, 0.05) is 37.5 Å². The lowest BCUT2D eigenvalue weighted by atomic mass is 9.90. The Hall–Kier alpha value is -3.64. The van der Waals surface area contributed by atoms with Gasteiger partial charge in [0.05, 0.1) is 29.6 Å². The number of amides is 1. The number of carbonyl (C=O) groups is 1. The minimum absolute atomic E-state index is 0.0550. The van der Waals surface area contributed by atoms with Crippen LogP contribution in [0, 0.1) is 18.2 Å². The second-order valence-corrected chi connectivity index (χ2v) is 12.5. The molecule has 0 aliphatic carbocycles. The summed E-state index contributed by atoms with van der Waals surface area (Å²) in [5.41, 5.74) is 2.63. The van der Waals surface area contributed by atoms with Crippen molar-refractivity contribution in [1.29, 1.82) is 0 Å². The van der Waals surface area contributed by atoms with E-state index in [1.54, 1.807) is 35.0 Å². The summed E-state index contributed by atoms with van der Waals surface area (Å²) >= 11 is 0. The Kier molecular flexibility index (Phi) is 6.35. The Bertz CT molecular complexity index is 1620. The van der Waals surface area contributed by atoms with E-state index in [4.69, 9.17) is 0 Å². The number of hydrogen-bond donors (Lipinski definition) is 0. The van der Waals surface area contributed by atoms with Gasteiger partial charge >= 0.3 is 0 Å². The second-order valence-electron chi connectivity index (χ2n) is 10.6. The van der Waals surface area contributed by atoms with E-state index in [0.29, 0.717) is 0 Å². The topological polar surface area (TPSA) is 106 Å². The second kappa shape index (κ2) is 9.28. The van der Waals surface area contributed by atoms with Crippen molar-refractivity contribution in [2.24, 2.45) is 12.5 Å². The van der Waals surface area contributed by atoms with Gasteiger partial charge in [-0.1, -0.05) is 20.8 Å². The maximum atomic E-state index is 13.5. The molecule has 1 saturated heterocycles. The zero-order valence-corrected chi connectivity index (χ0v) is 22.8. The molecule has 0 spiro atoms. The van der Waals surface area contributed by atoms with Crippen LogP contribution in [0.25, 0.3) is 16.6 Å². The molecule has 0 saturated carbocycles. The highest BCUT2D eigenvalue weighted by Crippen LogP contribution is 2.35. The first kappa shape index (κ1) is 26.0. The molecule has 2 aromatic heterocycles. The minimum Gasteiger partial charge on any atom is -0.333 e. The van der Waals surface area contributed by atoms with Crippen molar-refractivity contribution in [2.45, 2.75) is 38.8 Å². The number of aromatic nitrogens is 5. The number of rotatable bonds is 4. The summed E-state index contributed by atoms with van der Waals surface area (Å²) in [5, 5.41) is 13.1. The molecule has 0 N–H and O–H groups in total. The van der Waals surface area contributed by atoms with Gasteiger partial charge in [-0.25, -0.2) is 17.5 Å². The van der Waals surface area contributed by atoms with Crippen molar-refractivity contribution < 1.29 is 17.6 Å². The maximum absolute atomic E-state index is 13.5. The van der Waals surface area contributed by atoms with Gasteiger partial charge in [0.15, 0.2) is 0 Å². The standard InChI is InChI=1S/C26H30FN7O3S/c1-17-12-22-18(14-29-34(22)20-8-6-19(27)7-9-20)13-21(17)23-16-32(10-11-33(23)25(35)26(2,3)4)38(36,37)24-15-28-31(5)30-24/h6-9,12-15,23H,10-11,16H2,1-5H3/t23-/m1/s1. The predicted octanol–water partition coefficient (Wildman–Crippen LogP) is 3.22. The van der Waals surface area contributed by atoms with E-state index < -0.39 is 21.5 Å². The first-order chi connectivity index (χ1) is 17.9. The molecular weight excluding hydrogens is 509 g/mol. The van der Waals surface area contributed by atoms with Crippen LogP contribution < -0.4 is 0 Å². The fourth-order valence-electron chi connectivity index (χ4n) is 4.84. The van der Waals surface area contributed by atoms with Gasteiger partial charge in [0.1, 0.15) is 5.82 Å². The van der Waals surface area contributed by atoms with Crippen LogP contribution >= 0.6 is 0 Å². The SMILES string of the molecule is Cc1cc2c(cnn2-c2ccc(F)cc2)cc1[C@H]1CN(S(=O)(=O)c2cnn(C)n2)CCN1C(=O)C(C)(C)C. The lowest BCUT2D eigenvalue weighted by molar-refractivity contribution is -0.144. The molecular formula is C26H30FN7O3S. The quantitative estimate of drug-likeness (QED) is 0.394. The summed E-state index contributed by atoms with van der Waals surface area (Å²) in [6, 6.07) is 9.50. The molecule has 2 aromatic carbocycles. The lowest BCUT2D eigenvalue weighted by Gasteiger charge is -2.43. The molecule has 1 amide bonds. The normalized spacial score (nSPS) is 17.3. The van der Waals surface area contributed by atoms with Gasteiger partial charge in [-0.15, -0.1) is 5.10 Å². The van der Waals surface area contributed by atoms with Gasteiger partial charge in [0.2, 0.25) is 10.9 Å². The van der Waals surface area contributed by atoms with E-state index in [1.165, 1.54) is 27.4 Å². The van der Waals surface area contributed by atoms with E-state index in [2.05, 4.69) is 15.3 Å². The third kappa shape index (κ3) is 4.58. The fourth-order valence-corrected chi connectivity index (χ4v) is 6.16. The Morgan fingerprint density at radius 2 is 1.76 bits per heavy atom. The van der Waals surface area contributed by atoms with E-state index in [-0.39, 0.29) is 36.4 Å². The number of hydrogen-bond acceptors (Lipinski definition) is 6. The molecule has 1 aliphatic rings. The number of carbonyl (C=O) groups excluding carboxylic acids is 1. The van der Waals surface area contributed by atoms with Crippen LogP contribution in [-0.2, 0) is 21.9 Å². The molecule has 0 unspecified atom stereocenters. The van der Waals surface area contributed by atoms with Gasteiger partial charge in [-0.3, -0.25) is 4.79 Å². The number of nitrogens with zero attached hydrogens (tertiary/aromatic N) is 7. The van der Waals surface area contributed by atoms with Gasteiger partial charge in [-0.2, -0.15) is 19.3 Å². The van der Waals surface area contributed by atoms with Crippen molar-refractivity contribution in [1.82, 2.24) is 34.0 Å². The van der Waals surface area contributed by atoms with Crippen LogP contribution in [0.4, 0.5) is 4.39 Å². The highest BCUT2D eigenvalue weighted by Gasteiger charge is 2.41. The molecule has 12 heteroatoms. The maximum Gasteiger partial charge on any atom is 0.264 e. The lowest BCUT2D eigenvalue weighted by Crippen LogP contribution is -2.54. The Balaban J connectivity index is 1.57. The smallest absolute Gasteiger partial charge is 0.264 e. The molecule has 0 bridgehead atoms. The molecule has 3 heterocycles. The van der Waals surface area contributed by atoms with E-state index in [0.717, 1.165) is 27.7 Å². The molecule has 38 heavy (non-hydrogen) atoms.